The van der Waals surface area contributed by atoms with E-state index in [4.69, 9.17) is 9.84 Å². The number of thiophene rings is 1. The number of carboxylic acid groups (broad SMARTS) is 1. The van der Waals surface area contributed by atoms with Crippen LogP contribution < -0.4 is 0 Å². The molecular formula is C15H15BrN2O4S. The third-order valence-electron chi connectivity index (χ3n) is 3.07. The number of aromatic carboxylic acids is 1. The Morgan fingerprint density at radius 3 is 2.70 bits per heavy atom. The average molecular weight is 399 g/mol. The van der Waals surface area contributed by atoms with Gasteiger partial charge in [0.2, 0.25) is 0 Å². The molecule has 2 rings (SSSR count). The Balaban J connectivity index is 2.23. The van der Waals surface area contributed by atoms with E-state index in [1.54, 1.807) is 12.0 Å². The third-order valence-corrected chi connectivity index (χ3v) is 4.98. The summed E-state index contributed by atoms with van der Waals surface area (Å²) in [6.45, 7) is 1.17. The van der Waals surface area contributed by atoms with Crippen LogP contribution in [0.25, 0.3) is 0 Å². The van der Waals surface area contributed by atoms with E-state index in [-0.39, 0.29) is 17.3 Å². The van der Waals surface area contributed by atoms with E-state index in [0.29, 0.717) is 19.7 Å². The van der Waals surface area contributed by atoms with Crippen LogP contribution in [-0.4, -0.2) is 47.1 Å². The lowest BCUT2D eigenvalue weighted by molar-refractivity contribution is 0.0673. The molecule has 0 aromatic carbocycles. The number of nitrogens with zero attached hydrogens (tertiary/aromatic N) is 2. The zero-order valence-corrected chi connectivity index (χ0v) is 14.8. The summed E-state index contributed by atoms with van der Waals surface area (Å²) in [5.41, 5.74) is -0.0477. The van der Waals surface area contributed by atoms with Gasteiger partial charge in [0.1, 0.15) is 11.4 Å². The molecular weight excluding hydrogens is 384 g/mol. The standard InChI is InChI=1S/C15H15BrN2O4S/c1-22-7-6-18(9-13-10(16)5-8-23-13)14(19)11-3-2-4-12(17-11)15(20)21/h2-5,8H,6-7,9H2,1H3,(H,20,21). The van der Waals surface area contributed by atoms with Crippen LogP contribution in [0.5, 0.6) is 0 Å². The van der Waals surface area contributed by atoms with Gasteiger partial charge in [-0.3, -0.25) is 4.79 Å². The molecule has 0 saturated heterocycles. The highest BCUT2D eigenvalue weighted by atomic mass is 79.9. The molecule has 0 radical (unpaired) electrons. The van der Waals surface area contributed by atoms with Crippen LogP contribution in [0.4, 0.5) is 0 Å². The predicted molar refractivity (Wildman–Crippen MR) is 89.8 cm³/mol. The molecule has 0 aliphatic carbocycles. The lowest BCUT2D eigenvalue weighted by atomic mass is 10.2. The first-order valence-corrected chi connectivity index (χ1v) is 8.40. The van der Waals surface area contributed by atoms with Crippen molar-refractivity contribution in [3.05, 3.63) is 50.4 Å². The second kappa shape index (κ2) is 8.19. The van der Waals surface area contributed by atoms with Crippen molar-refractivity contribution in [3.8, 4) is 0 Å². The van der Waals surface area contributed by atoms with E-state index in [1.807, 2.05) is 11.4 Å². The van der Waals surface area contributed by atoms with Crippen molar-refractivity contribution in [3.63, 3.8) is 0 Å². The first-order chi connectivity index (χ1) is 11.0. The molecule has 2 aromatic rings. The van der Waals surface area contributed by atoms with Crippen molar-refractivity contribution >= 4 is 39.1 Å². The lowest BCUT2D eigenvalue weighted by Gasteiger charge is -2.21. The zero-order chi connectivity index (χ0) is 16.8. The van der Waals surface area contributed by atoms with E-state index in [2.05, 4.69) is 20.9 Å². The van der Waals surface area contributed by atoms with Crippen LogP contribution in [0.1, 0.15) is 25.9 Å². The minimum absolute atomic E-state index is 0.105. The molecule has 23 heavy (non-hydrogen) atoms. The number of rotatable bonds is 7. The van der Waals surface area contributed by atoms with Crippen LogP contribution in [0.2, 0.25) is 0 Å². The maximum Gasteiger partial charge on any atom is 0.354 e. The van der Waals surface area contributed by atoms with Crippen molar-refractivity contribution in [1.29, 1.82) is 0 Å². The summed E-state index contributed by atoms with van der Waals surface area (Å²) in [7, 11) is 1.56. The van der Waals surface area contributed by atoms with E-state index in [9.17, 15) is 9.59 Å². The Bertz CT molecular complexity index is 704. The van der Waals surface area contributed by atoms with Gasteiger partial charge >= 0.3 is 5.97 Å². The van der Waals surface area contributed by atoms with Crippen molar-refractivity contribution in [2.24, 2.45) is 0 Å². The number of halogens is 1. The van der Waals surface area contributed by atoms with Gasteiger partial charge in [-0.1, -0.05) is 6.07 Å². The van der Waals surface area contributed by atoms with Gasteiger partial charge in [-0.25, -0.2) is 9.78 Å². The van der Waals surface area contributed by atoms with Gasteiger partial charge in [0.15, 0.2) is 0 Å². The largest absolute Gasteiger partial charge is 0.477 e. The quantitative estimate of drug-likeness (QED) is 0.775. The molecule has 0 aliphatic heterocycles. The minimum Gasteiger partial charge on any atom is -0.477 e. The first-order valence-electron chi connectivity index (χ1n) is 6.73. The minimum atomic E-state index is -1.16. The van der Waals surface area contributed by atoms with E-state index in [1.165, 1.54) is 29.5 Å². The SMILES string of the molecule is COCCN(Cc1sccc1Br)C(=O)c1cccc(C(=O)O)n1. The second-order valence-electron chi connectivity index (χ2n) is 4.62. The molecule has 0 spiro atoms. The second-order valence-corrected chi connectivity index (χ2v) is 6.48. The Morgan fingerprint density at radius 2 is 2.09 bits per heavy atom. The summed E-state index contributed by atoms with van der Waals surface area (Å²) >= 11 is 4.98. The molecule has 1 amide bonds. The fourth-order valence-corrected chi connectivity index (χ4v) is 3.39. The Hall–Kier alpha value is -1.77. The summed E-state index contributed by atoms with van der Waals surface area (Å²) in [6, 6.07) is 6.30. The van der Waals surface area contributed by atoms with Crippen molar-refractivity contribution < 1.29 is 19.4 Å². The molecule has 0 aliphatic rings. The van der Waals surface area contributed by atoms with Crippen LogP contribution >= 0.6 is 27.3 Å². The fraction of sp³-hybridized carbons (Fsp3) is 0.267. The van der Waals surface area contributed by atoms with Crippen LogP contribution in [0, 0.1) is 0 Å². The lowest BCUT2D eigenvalue weighted by Crippen LogP contribution is -2.34. The molecule has 2 aromatic heterocycles. The van der Waals surface area contributed by atoms with E-state index < -0.39 is 5.97 Å². The van der Waals surface area contributed by atoms with Crippen LogP contribution in [-0.2, 0) is 11.3 Å². The number of ether oxygens (including phenoxy) is 1. The van der Waals surface area contributed by atoms with Gasteiger partial charge in [0.25, 0.3) is 5.91 Å². The summed E-state index contributed by atoms with van der Waals surface area (Å²) < 4.78 is 5.99. The van der Waals surface area contributed by atoms with Gasteiger partial charge < -0.3 is 14.7 Å². The number of carbonyl (C=O) groups excluding carboxylic acids is 1. The van der Waals surface area contributed by atoms with Crippen molar-refractivity contribution in [1.82, 2.24) is 9.88 Å². The topological polar surface area (TPSA) is 79.7 Å². The summed E-state index contributed by atoms with van der Waals surface area (Å²) in [5, 5.41) is 10.9. The molecule has 0 saturated carbocycles. The molecule has 0 unspecified atom stereocenters. The third kappa shape index (κ3) is 4.60. The smallest absolute Gasteiger partial charge is 0.354 e. The highest BCUT2D eigenvalue weighted by Gasteiger charge is 2.20. The maximum absolute atomic E-state index is 12.7. The van der Waals surface area contributed by atoms with Gasteiger partial charge in [-0.2, -0.15) is 0 Å². The fourth-order valence-electron chi connectivity index (χ4n) is 1.90. The first kappa shape index (κ1) is 17.6. The maximum atomic E-state index is 12.7. The zero-order valence-electron chi connectivity index (χ0n) is 12.4. The molecule has 1 N–H and O–H groups in total. The molecule has 8 heteroatoms. The van der Waals surface area contributed by atoms with Crippen molar-refractivity contribution in [2.45, 2.75) is 6.54 Å². The molecule has 122 valence electrons. The number of pyridine rings is 1. The normalized spacial score (nSPS) is 10.5. The summed E-state index contributed by atoms with van der Waals surface area (Å²) in [4.78, 5) is 30.2. The number of amides is 1. The summed E-state index contributed by atoms with van der Waals surface area (Å²) in [5.74, 6) is -1.49. The average Bonchev–Trinajstić information content (AvgIpc) is 2.95. The number of hydrogen-bond acceptors (Lipinski definition) is 5. The highest BCUT2D eigenvalue weighted by Crippen LogP contribution is 2.24. The van der Waals surface area contributed by atoms with Crippen LogP contribution in [0.3, 0.4) is 0 Å². The molecule has 0 bridgehead atoms. The number of methoxy groups -OCH3 is 1. The number of carbonyl (C=O) groups is 2. The molecule has 0 fully saturated rings. The predicted octanol–water partition coefficient (Wildman–Crippen LogP) is 2.89. The highest BCUT2D eigenvalue weighted by molar-refractivity contribution is 9.10. The number of carboxylic acids is 1. The Kier molecular flexibility index (Phi) is 6.26. The van der Waals surface area contributed by atoms with Crippen LogP contribution in [0.15, 0.2) is 34.1 Å². The Morgan fingerprint density at radius 1 is 1.35 bits per heavy atom. The van der Waals surface area contributed by atoms with Gasteiger partial charge in [0, 0.05) is 23.0 Å². The van der Waals surface area contributed by atoms with E-state index in [0.717, 1.165) is 9.35 Å². The Labute approximate surface area is 145 Å². The number of aromatic nitrogens is 1. The number of hydrogen-bond donors (Lipinski definition) is 1. The van der Waals surface area contributed by atoms with Gasteiger partial charge in [-0.15, -0.1) is 11.3 Å². The van der Waals surface area contributed by atoms with Crippen molar-refractivity contribution in [2.75, 3.05) is 20.3 Å². The van der Waals surface area contributed by atoms with Gasteiger partial charge in [0.05, 0.1) is 13.2 Å². The van der Waals surface area contributed by atoms with E-state index >= 15 is 0 Å². The summed E-state index contributed by atoms with van der Waals surface area (Å²) in [6.07, 6.45) is 0. The molecule has 6 nitrogen and oxygen atoms in total. The monoisotopic (exact) mass is 398 g/mol. The van der Waals surface area contributed by atoms with Gasteiger partial charge in [-0.05, 0) is 39.5 Å². The molecule has 0 atom stereocenters. The molecule has 2 heterocycles.